The first kappa shape index (κ1) is 12.9. The lowest BCUT2D eigenvalue weighted by Crippen LogP contribution is -2.35. The molecule has 0 aliphatic carbocycles. The van der Waals surface area contributed by atoms with Crippen molar-refractivity contribution in [2.24, 2.45) is 0 Å². The van der Waals surface area contributed by atoms with Gasteiger partial charge in [0.25, 0.3) is 5.91 Å². The third-order valence-corrected chi connectivity index (χ3v) is 3.94. The number of fused-ring (bicyclic) bond motifs is 1. The molecule has 0 fully saturated rings. The first-order chi connectivity index (χ1) is 9.69. The lowest BCUT2D eigenvalue weighted by Gasteiger charge is -2.25. The van der Waals surface area contributed by atoms with Gasteiger partial charge in [0, 0.05) is 42.8 Å². The third kappa shape index (κ3) is 2.21. The Hall–Kier alpha value is -2.11. The molecule has 0 bridgehead atoms. The largest absolute Gasteiger partial charge is 0.351 e. The molecular formula is C14H18N4O2. The third-order valence-electron chi connectivity index (χ3n) is 3.94. The van der Waals surface area contributed by atoms with Crippen LogP contribution in [0.15, 0.2) is 16.8 Å². The summed E-state index contributed by atoms with van der Waals surface area (Å²) in [4.78, 5) is 14.2. The zero-order chi connectivity index (χ0) is 14.1. The van der Waals surface area contributed by atoms with Crippen LogP contribution >= 0.6 is 0 Å². The molecule has 0 saturated heterocycles. The molecule has 1 atom stereocenters. The predicted molar refractivity (Wildman–Crippen MR) is 72.2 cm³/mol. The monoisotopic (exact) mass is 274 g/mol. The second-order valence-electron chi connectivity index (χ2n) is 5.28. The van der Waals surface area contributed by atoms with Crippen molar-refractivity contribution in [1.82, 2.24) is 20.3 Å². The lowest BCUT2D eigenvalue weighted by molar-refractivity contribution is 0.0692. The number of carbonyl (C=O) groups is 1. The summed E-state index contributed by atoms with van der Waals surface area (Å²) < 4.78 is 5.21. The Morgan fingerprint density at radius 3 is 3.25 bits per heavy atom. The summed E-state index contributed by atoms with van der Waals surface area (Å²) in [5.41, 5.74) is 3.04. The molecule has 3 heterocycles. The number of H-pyrrole nitrogens is 1. The Bertz CT molecular complexity index is 616. The number of nitrogens with one attached hydrogen (secondary N) is 1. The average Bonchev–Trinajstić information content (AvgIpc) is 3.13. The molecule has 1 aliphatic rings. The minimum absolute atomic E-state index is 0.0982. The van der Waals surface area contributed by atoms with Gasteiger partial charge in [-0.3, -0.25) is 9.89 Å². The van der Waals surface area contributed by atoms with Gasteiger partial charge in [-0.1, -0.05) is 19.0 Å². The van der Waals surface area contributed by atoms with E-state index in [0.29, 0.717) is 24.8 Å². The van der Waals surface area contributed by atoms with Gasteiger partial charge in [0.05, 0.1) is 11.9 Å². The van der Waals surface area contributed by atoms with Gasteiger partial charge in [-0.05, 0) is 6.42 Å². The molecule has 2 aromatic rings. The van der Waals surface area contributed by atoms with E-state index in [1.807, 2.05) is 0 Å². The molecule has 6 nitrogen and oxygen atoms in total. The Balaban J connectivity index is 1.75. The van der Waals surface area contributed by atoms with Crippen molar-refractivity contribution in [1.29, 1.82) is 0 Å². The van der Waals surface area contributed by atoms with Crippen molar-refractivity contribution >= 4 is 5.91 Å². The maximum absolute atomic E-state index is 12.4. The van der Waals surface area contributed by atoms with E-state index in [2.05, 4.69) is 29.2 Å². The van der Waals surface area contributed by atoms with Crippen LogP contribution in [0.1, 0.15) is 53.7 Å². The molecule has 6 heteroatoms. The van der Waals surface area contributed by atoms with E-state index in [-0.39, 0.29) is 5.91 Å². The Kier molecular flexibility index (Phi) is 3.30. The van der Waals surface area contributed by atoms with E-state index in [9.17, 15) is 4.79 Å². The highest BCUT2D eigenvalue weighted by Crippen LogP contribution is 2.21. The number of hydrogen-bond acceptors (Lipinski definition) is 4. The molecule has 106 valence electrons. The Labute approximate surface area is 117 Å². The van der Waals surface area contributed by atoms with Gasteiger partial charge in [-0.25, -0.2) is 0 Å². The summed E-state index contributed by atoms with van der Waals surface area (Å²) >= 11 is 0. The number of carbonyl (C=O) groups excluding carboxylic acids is 1. The molecule has 1 unspecified atom stereocenters. The summed E-state index contributed by atoms with van der Waals surface area (Å²) in [6, 6.07) is 1.77. The van der Waals surface area contributed by atoms with E-state index in [1.165, 1.54) is 0 Å². The van der Waals surface area contributed by atoms with Crippen molar-refractivity contribution < 1.29 is 9.32 Å². The van der Waals surface area contributed by atoms with E-state index in [0.717, 1.165) is 29.8 Å². The van der Waals surface area contributed by atoms with Crippen molar-refractivity contribution in [3.63, 3.8) is 0 Å². The molecule has 0 aromatic carbocycles. The second kappa shape index (κ2) is 5.11. The highest BCUT2D eigenvalue weighted by molar-refractivity contribution is 5.91. The van der Waals surface area contributed by atoms with E-state index < -0.39 is 0 Å². The highest BCUT2D eigenvalue weighted by atomic mass is 16.5. The molecule has 1 amide bonds. The van der Waals surface area contributed by atoms with E-state index in [4.69, 9.17) is 4.52 Å². The van der Waals surface area contributed by atoms with Gasteiger partial charge in [-0.15, -0.1) is 0 Å². The molecule has 2 aromatic heterocycles. The molecule has 0 radical (unpaired) electrons. The summed E-state index contributed by atoms with van der Waals surface area (Å²) in [5, 5.41) is 11.0. The molecule has 0 saturated carbocycles. The maximum Gasteiger partial charge on any atom is 0.292 e. The lowest BCUT2D eigenvalue weighted by atomic mass is 10.0. The SMILES string of the molecule is CCC(C)c1cc(C(=O)N2CCc3[nH]ncc3C2)on1. The van der Waals surface area contributed by atoms with Crippen LogP contribution in [-0.4, -0.2) is 32.7 Å². The summed E-state index contributed by atoms with van der Waals surface area (Å²) in [7, 11) is 0. The van der Waals surface area contributed by atoms with Crippen molar-refractivity contribution in [2.45, 2.75) is 39.2 Å². The fourth-order valence-electron chi connectivity index (χ4n) is 2.38. The Morgan fingerprint density at radius 2 is 2.45 bits per heavy atom. The van der Waals surface area contributed by atoms with Crippen LogP contribution in [0.2, 0.25) is 0 Å². The molecular weight excluding hydrogens is 256 g/mol. The first-order valence-electron chi connectivity index (χ1n) is 6.96. The first-order valence-corrected chi connectivity index (χ1v) is 6.96. The number of amides is 1. The number of nitrogens with zero attached hydrogens (tertiary/aromatic N) is 3. The van der Waals surface area contributed by atoms with Crippen molar-refractivity contribution in [2.75, 3.05) is 6.54 Å². The summed E-state index contributed by atoms with van der Waals surface area (Å²) in [5.74, 6) is 0.535. The maximum atomic E-state index is 12.4. The van der Waals surface area contributed by atoms with Gasteiger partial charge in [0.1, 0.15) is 0 Å². The zero-order valence-electron chi connectivity index (χ0n) is 11.7. The molecule has 20 heavy (non-hydrogen) atoms. The van der Waals surface area contributed by atoms with Crippen molar-refractivity contribution in [3.8, 4) is 0 Å². The molecule has 3 rings (SSSR count). The summed E-state index contributed by atoms with van der Waals surface area (Å²) in [6.07, 6.45) is 3.55. The molecule has 1 N–H and O–H groups in total. The minimum Gasteiger partial charge on any atom is -0.351 e. The number of rotatable bonds is 3. The van der Waals surface area contributed by atoms with Gasteiger partial charge in [0.15, 0.2) is 0 Å². The van der Waals surface area contributed by atoms with Crippen LogP contribution in [0, 0.1) is 0 Å². The second-order valence-corrected chi connectivity index (χ2v) is 5.28. The average molecular weight is 274 g/mol. The molecule has 0 spiro atoms. The predicted octanol–water partition coefficient (Wildman–Crippen LogP) is 2.11. The smallest absolute Gasteiger partial charge is 0.292 e. The Morgan fingerprint density at radius 1 is 1.60 bits per heavy atom. The number of hydrogen-bond donors (Lipinski definition) is 1. The van der Waals surface area contributed by atoms with Gasteiger partial charge < -0.3 is 9.42 Å². The quantitative estimate of drug-likeness (QED) is 0.930. The van der Waals surface area contributed by atoms with Gasteiger partial charge >= 0.3 is 0 Å². The van der Waals surface area contributed by atoms with Crippen LogP contribution in [0.5, 0.6) is 0 Å². The van der Waals surface area contributed by atoms with Crippen LogP contribution in [-0.2, 0) is 13.0 Å². The van der Waals surface area contributed by atoms with E-state index >= 15 is 0 Å². The van der Waals surface area contributed by atoms with Crippen LogP contribution < -0.4 is 0 Å². The van der Waals surface area contributed by atoms with Crippen LogP contribution in [0.3, 0.4) is 0 Å². The zero-order valence-corrected chi connectivity index (χ0v) is 11.7. The van der Waals surface area contributed by atoms with Gasteiger partial charge in [-0.2, -0.15) is 5.10 Å². The highest BCUT2D eigenvalue weighted by Gasteiger charge is 2.26. The normalized spacial score (nSPS) is 16.0. The number of aromatic nitrogens is 3. The van der Waals surface area contributed by atoms with Crippen LogP contribution in [0.25, 0.3) is 0 Å². The van der Waals surface area contributed by atoms with E-state index in [1.54, 1.807) is 17.2 Å². The minimum atomic E-state index is -0.0982. The number of aromatic amines is 1. The fourth-order valence-corrected chi connectivity index (χ4v) is 2.38. The summed E-state index contributed by atoms with van der Waals surface area (Å²) in [6.45, 7) is 5.41. The topological polar surface area (TPSA) is 75.0 Å². The van der Waals surface area contributed by atoms with Crippen molar-refractivity contribution in [3.05, 3.63) is 35.0 Å². The van der Waals surface area contributed by atoms with Crippen LogP contribution in [0.4, 0.5) is 0 Å². The standard InChI is InChI=1S/C14H18N4O2/c1-3-9(2)12-6-13(20-17-12)14(19)18-5-4-11-10(8-18)7-15-16-11/h6-7,9H,3-5,8H2,1-2H3,(H,15,16). The molecule has 1 aliphatic heterocycles. The van der Waals surface area contributed by atoms with Gasteiger partial charge in [0.2, 0.25) is 5.76 Å². The fraction of sp³-hybridized carbons (Fsp3) is 0.500.